The molecule has 100 valence electrons. The third-order valence-corrected chi connectivity index (χ3v) is 3.13. The van der Waals surface area contributed by atoms with E-state index in [4.69, 9.17) is 11.6 Å². The minimum Gasteiger partial charge on any atom is -0.364 e. The van der Waals surface area contributed by atoms with Gasteiger partial charge in [-0.1, -0.05) is 0 Å². The van der Waals surface area contributed by atoms with Crippen LogP contribution < -0.4 is 5.32 Å². The van der Waals surface area contributed by atoms with Gasteiger partial charge in [0.05, 0.1) is 10.7 Å². The van der Waals surface area contributed by atoms with Crippen molar-refractivity contribution >= 4 is 32.9 Å². The molecular formula is C8H11ClN4O4S. The van der Waals surface area contributed by atoms with Crippen molar-refractivity contribution in [1.82, 2.24) is 9.97 Å². The highest BCUT2D eigenvalue weighted by Gasteiger charge is 2.16. The first-order valence-corrected chi connectivity index (χ1v) is 7.32. The Morgan fingerprint density at radius 1 is 1.56 bits per heavy atom. The van der Waals surface area contributed by atoms with Gasteiger partial charge in [0.25, 0.3) is 0 Å². The molecule has 0 saturated carbocycles. The molecule has 18 heavy (non-hydrogen) atoms. The molecule has 0 saturated heterocycles. The number of hydrogen-bond donors (Lipinski definition) is 1. The summed E-state index contributed by atoms with van der Waals surface area (Å²) in [5.74, 6) is -0.0272. The molecule has 0 fully saturated rings. The molecule has 1 N–H and O–H groups in total. The summed E-state index contributed by atoms with van der Waals surface area (Å²) >= 11 is 5.53. The molecule has 1 heterocycles. The maximum Gasteiger partial charge on any atom is 0.329 e. The van der Waals surface area contributed by atoms with Crippen LogP contribution in [0.4, 0.5) is 11.5 Å². The zero-order valence-electron chi connectivity index (χ0n) is 9.46. The first-order valence-electron chi connectivity index (χ1n) is 4.88. The average molecular weight is 295 g/mol. The second kappa shape index (κ2) is 5.91. The molecule has 10 heteroatoms. The lowest BCUT2D eigenvalue weighted by atomic mass is 10.4. The summed E-state index contributed by atoms with van der Waals surface area (Å²) < 4.78 is 21.8. The van der Waals surface area contributed by atoms with Gasteiger partial charge in [-0.15, -0.1) is 0 Å². The van der Waals surface area contributed by atoms with Crippen molar-refractivity contribution in [2.24, 2.45) is 0 Å². The van der Waals surface area contributed by atoms with E-state index in [-0.39, 0.29) is 29.1 Å². The molecule has 0 aliphatic carbocycles. The predicted octanol–water partition coefficient (Wildman–Crippen LogP) is 0.885. The fourth-order valence-electron chi connectivity index (χ4n) is 1.16. The Morgan fingerprint density at radius 2 is 2.22 bits per heavy atom. The van der Waals surface area contributed by atoms with Crippen molar-refractivity contribution in [3.8, 4) is 0 Å². The van der Waals surface area contributed by atoms with Gasteiger partial charge in [0.1, 0.15) is 16.0 Å². The molecule has 0 unspecified atom stereocenters. The van der Waals surface area contributed by atoms with Crippen molar-refractivity contribution < 1.29 is 13.3 Å². The lowest BCUT2D eigenvalue weighted by molar-refractivity contribution is -0.384. The summed E-state index contributed by atoms with van der Waals surface area (Å²) in [5.41, 5.74) is -0.307. The van der Waals surface area contributed by atoms with Gasteiger partial charge in [0, 0.05) is 12.8 Å². The Kier molecular flexibility index (Phi) is 4.79. The molecular weight excluding hydrogens is 284 g/mol. The predicted molar refractivity (Wildman–Crippen MR) is 66.5 cm³/mol. The van der Waals surface area contributed by atoms with Gasteiger partial charge in [-0.2, -0.15) is 4.98 Å². The van der Waals surface area contributed by atoms with Crippen molar-refractivity contribution in [1.29, 1.82) is 0 Å². The number of nitrogens with one attached hydrogen (secondary N) is 1. The molecule has 0 bridgehead atoms. The van der Waals surface area contributed by atoms with Crippen LogP contribution in [0.25, 0.3) is 0 Å². The van der Waals surface area contributed by atoms with Gasteiger partial charge in [-0.3, -0.25) is 10.1 Å². The van der Waals surface area contributed by atoms with Crippen LogP contribution in [0.1, 0.15) is 6.42 Å². The number of halogens is 1. The minimum atomic E-state index is -3.05. The molecule has 1 aromatic heterocycles. The Labute approximate surface area is 108 Å². The normalized spacial score (nSPS) is 11.2. The van der Waals surface area contributed by atoms with E-state index >= 15 is 0 Å². The van der Waals surface area contributed by atoms with Gasteiger partial charge in [-0.25, -0.2) is 13.4 Å². The van der Waals surface area contributed by atoms with Crippen LogP contribution in [0.3, 0.4) is 0 Å². The zero-order chi connectivity index (χ0) is 13.8. The maximum absolute atomic E-state index is 10.9. The van der Waals surface area contributed by atoms with E-state index in [1.54, 1.807) is 0 Å². The fraction of sp³-hybridized carbons (Fsp3) is 0.500. The zero-order valence-corrected chi connectivity index (χ0v) is 11.0. The second-order valence-corrected chi connectivity index (χ2v) is 6.14. The number of sulfone groups is 1. The molecule has 0 aliphatic rings. The molecule has 0 aliphatic heterocycles. The molecule has 0 amide bonds. The molecule has 0 aromatic carbocycles. The van der Waals surface area contributed by atoms with Gasteiger partial charge < -0.3 is 5.32 Å². The highest BCUT2D eigenvalue weighted by Crippen LogP contribution is 2.21. The van der Waals surface area contributed by atoms with E-state index in [0.29, 0.717) is 6.42 Å². The fourth-order valence-corrected chi connectivity index (χ4v) is 1.96. The first kappa shape index (κ1) is 14.6. The lowest BCUT2D eigenvalue weighted by Crippen LogP contribution is -2.11. The van der Waals surface area contributed by atoms with Crippen molar-refractivity contribution in [3.05, 3.63) is 21.6 Å². The summed E-state index contributed by atoms with van der Waals surface area (Å²) in [6, 6.07) is 0. The van der Waals surface area contributed by atoms with E-state index < -0.39 is 14.8 Å². The highest BCUT2D eigenvalue weighted by atomic mass is 35.5. The Balaban J connectivity index is 2.66. The lowest BCUT2D eigenvalue weighted by Gasteiger charge is -2.05. The third-order valence-electron chi connectivity index (χ3n) is 1.92. The van der Waals surface area contributed by atoms with Gasteiger partial charge in [-0.05, 0) is 18.0 Å². The third kappa shape index (κ3) is 4.80. The summed E-state index contributed by atoms with van der Waals surface area (Å²) in [6.45, 7) is 0.237. The van der Waals surface area contributed by atoms with Gasteiger partial charge >= 0.3 is 5.69 Å². The van der Waals surface area contributed by atoms with Crippen LogP contribution in [-0.4, -0.2) is 41.9 Å². The van der Waals surface area contributed by atoms with E-state index in [1.807, 2.05) is 0 Å². The SMILES string of the molecule is CS(=O)(=O)CCCNc1nc(Cl)ncc1[N+](=O)[O-]. The summed E-state index contributed by atoms with van der Waals surface area (Å²) in [6.07, 6.45) is 2.43. The standard InChI is InChI=1S/C8H11ClN4O4S/c1-18(16,17)4-2-3-10-7-6(13(14)15)5-11-8(9)12-7/h5H,2-4H2,1H3,(H,10,11,12). The number of nitrogens with zero attached hydrogens (tertiary/aromatic N) is 3. The number of rotatable bonds is 6. The van der Waals surface area contributed by atoms with Crippen LogP contribution in [0, 0.1) is 10.1 Å². The topological polar surface area (TPSA) is 115 Å². The van der Waals surface area contributed by atoms with E-state index in [1.165, 1.54) is 0 Å². The second-order valence-electron chi connectivity index (χ2n) is 3.54. The Morgan fingerprint density at radius 3 is 2.78 bits per heavy atom. The Bertz CT molecular complexity index is 548. The minimum absolute atomic E-state index is 0.00733. The van der Waals surface area contributed by atoms with Crippen molar-refractivity contribution in [2.75, 3.05) is 23.9 Å². The molecule has 1 aromatic rings. The summed E-state index contributed by atoms with van der Waals surface area (Å²) in [7, 11) is -3.05. The number of hydrogen-bond acceptors (Lipinski definition) is 7. The van der Waals surface area contributed by atoms with Crippen LogP contribution >= 0.6 is 11.6 Å². The molecule has 0 radical (unpaired) electrons. The largest absolute Gasteiger partial charge is 0.364 e. The van der Waals surface area contributed by atoms with E-state index in [0.717, 1.165) is 12.5 Å². The average Bonchev–Trinajstić information content (AvgIpc) is 2.22. The number of aromatic nitrogens is 2. The quantitative estimate of drug-likeness (QED) is 0.358. The van der Waals surface area contributed by atoms with Crippen molar-refractivity contribution in [2.45, 2.75) is 6.42 Å². The van der Waals surface area contributed by atoms with E-state index in [2.05, 4.69) is 15.3 Å². The molecule has 1 rings (SSSR count). The van der Waals surface area contributed by atoms with Gasteiger partial charge in [0.15, 0.2) is 0 Å². The highest BCUT2D eigenvalue weighted by molar-refractivity contribution is 7.90. The van der Waals surface area contributed by atoms with Crippen LogP contribution in [0.5, 0.6) is 0 Å². The molecule has 0 atom stereocenters. The van der Waals surface area contributed by atoms with Crippen molar-refractivity contribution in [3.63, 3.8) is 0 Å². The first-order chi connectivity index (χ1) is 8.29. The summed E-state index contributed by atoms with van der Waals surface area (Å²) in [4.78, 5) is 17.2. The van der Waals surface area contributed by atoms with E-state index in [9.17, 15) is 18.5 Å². The monoisotopic (exact) mass is 294 g/mol. The van der Waals surface area contributed by atoms with Crippen LogP contribution in [0.2, 0.25) is 5.28 Å². The van der Waals surface area contributed by atoms with Crippen LogP contribution in [-0.2, 0) is 9.84 Å². The number of anilines is 1. The maximum atomic E-state index is 10.9. The van der Waals surface area contributed by atoms with Gasteiger partial charge in [0.2, 0.25) is 11.1 Å². The smallest absolute Gasteiger partial charge is 0.329 e. The molecule has 8 nitrogen and oxygen atoms in total. The number of nitro groups is 1. The summed E-state index contributed by atoms with van der Waals surface area (Å²) in [5, 5.41) is 13.2. The Hall–Kier alpha value is -1.48. The molecule has 0 spiro atoms. The van der Waals surface area contributed by atoms with Crippen LogP contribution in [0.15, 0.2) is 6.20 Å².